The number of rotatable bonds is 4. The number of anilines is 2. The Kier molecular flexibility index (Phi) is 3.20. The largest absolute Gasteiger partial charge is 0.368 e. The van der Waals surface area contributed by atoms with Crippen molar-refractivity contribution >= 4 is 22.8 Å². The second-order valence-electron chi connectivity index (χ2n) is 4.58. The van der Waals surface area contributed by atoms with Crippen molar-refractivity contribution in [3.05, 3.63) is 42.1 Å². The molecule has 4 N–H and O–H groups in total. The minimum Gasteiger partial charge on any atom is -0.368 e. The van der Waals surface area contributed by atoms with Gasteiger partial charge in [-0.15, -0.1) is 0 Å². The summed E-state index contributed by atoms with van der Waals surface area (Å²) in [6.07, 6.45) is 2.64. The predicted octanol–water partition coefficient (Wildman–Crippen LogP) is 2.50. The Morgan fingerprint density at radius 3 is 2.80 bits per heavy atom. The first-order chi connectivity index (χ1) is 9.78. The van der Waals surface area contributed by atoms with E-state index in [1.807, 2.05) is 18.2 Å². The van der Waals surface area contributed by atoms with Crippen LogP contribution in [0.15, 0.2) is 36.5 Å². The molecule has 0 bridgehead atoms. The number of benzene rings is 1. The summed E-state index contributed by atoms with van der Waals surface area (Å²) in [5.74, 6) is 0.934. The van der Waals surface area contributed by atoms with Crippen molar-refractivity contribution in [1.82, 2.24) is 20.2 Å². The molecule has 0 saturated heterocycles. The standard InChI is InChI=1S/C14H16N6/c1-2-11(9-6-4-3-5-7-9)17-12-10-8-16-20-13(10)19-14(15)18-12/h3-8,11H,2H2,1H3,(H4,15,16,17,18,19,20). The van der Waals surface area contributed by atoms with E-state index in [-0.39, 0.29) is 12.0 Å². The highest BCUT2D eigenvalue weighted by atomic mass is 15.2. The van der Waals surface area contributed by atoms with Crippen LogP contribution in [0.1, 0.15) is 24.9 Å². The molecule has 20 heavy (non-hydrogen) atoms. The number of hydrogen-bond acceptors (Lipinski definition) is 5. The topological polar surface area (TPSA) is 92.5 Å². The summed E-state index contributed by atoms with van der Waals surface area (Å²) in [7, 11) is 0. The normalized spacial score (nSPS) is 12.4. The van der Waals surface area contributed by atoms with Gasteiger partial charge in [0.2, 0.25) is 5.95 Å². The number of nitrogens with two attached hydrogens (primary N) is 1. The highest BCUT2D eigenvalue weighted by Crippen LogP contribution is 2.26. The number of H-pyrrole nitrogens is 1. The van der Waals surface area contributed by atoms with Crippen LogP contribution in [-0.4, -0.2) is 20.2 Å². The van der Waals surface area contributed by atoms with Crippen molar-refractivity contribution in [2.45, 2.75) is 19.4 Å². The molecule has 1 aromatic carbocycles. The maximum absolute atomic E-state index is 5.73. The molecule has 0 aliphatic heterocycles. The van der Waals surface area contributed by atoms with Crippen LogP contribution in [0.4, 0.5) is 11.8 Å². The number of nitrogen functional groups attached to an aromatic ring is 1. The molecule has 0 amide bonds. The van der Waals surface area contributed by atoms with Crippen LogP contribution in [0, 0.1) is 0 Å². The Morgan fingerprint density at radius 2 is 2.05 bits per heavy atom. The molecule has 2 aromatic heterocycles. The summed E-state index contributed by atoms with van der Waals surface area (Å²) in [6.45, 7) is 2.13. The zero-order chi connectivity index (χ0) is 13.9. The number of aromatic amines is 1. The lowest BCUT2D eigenvalue weighted by Crippen LogP contribution is -2.12. The molecule has 2 heterocycles. The van der Waals surface area contributed by atoms with Crippen LogP contribution in [0.2, 0.25) is 0 Å². The molecule has 102 valence electrons. The fraction of sp³-hybridized carbons (Fsp3) is 0.214. The Balaban J connectivity index is 1.97. The molecule has 0 aliphatic rings. The molecule has 0 aliphatic carbocycles. The second kappa shape index (κ2) is 5.16. The number of aromatic nitrogens is 4. The molecule has 3 rings (SSSR count). The van der Waals surface area contributed by atoms with Crippen LogP contribution >= 0.6 is 0 Å². The summed E-state index contributed by atoms with van der Waals surface area (Å²) >= 11 is 0. The lowest BCUT2D eigenvalue weighted by Gasteiger charge is -2.18. The quantitative estimate of drug-likeness (QED) is 0.676. The number of fused-ring (bicyclic) bond motifs is 1. The Hall–Kier alpha value is -2.63. The third-order valence-corrected chi connectivity index (χ3v) is 3.25. The third-order valence-electron chi connectivity index (χ3n) is 3.25. The van der Waals surface area contributed by atoms with Gasteiger partial charge in [0.05, 0.1) is 17.6 Å². The van der Waals surface area contributed by atoms with Crippen molar-refractivity contribution in [2.24, 2.45) is 0 Å². The maximum atomic E-state index is 5.73. The van der Waals surface area contributed by atoms with Crippen LogP contribution < -0.4 is 11.1 Å². The van der Waals surface area contributed by atoms with E-state index in [9.17, 15) is 0 Å². The van der Waals surface area contributed by atoms with E-state index in [2.05, 4.69) is 44.5 Å². The Labute approximate surface area is 116 Å². The average Bonchev–Trinajstić information content (AvgIpc) is 2.93. The fourth-order valence-corrected chi connectivity index (χ4v) is 2.23. The number of nitrogens with zero attached hydrogens (tertiary/aromatic N) is 3. The van der Waals surface area contributed by atoms with Gasteiger partial charge < -0.3 is 11.1 Å². The van der Waals surface area contributed by atoms with Gasteiger partial charge in [-0.05, 0) is 12.0 Å². The summed E-state index contributed by atoms with van der Waals surface area (Å²) < 4.78 is 0. The zero-order valence-corrected chi connectivity index (χ0v) is 11.2. The molecule has 0 fully saturated rings. The van der Waals surface area contributed by atoms with Gasteiger partial charge in [-0.1, -0.05) is 37.3 Å². The van der Waals surface area contributed by atoms with Gasteiger partial charge in [-0.2, -0.15) is 15.1 Å². The Bertz CT molecular complexity index is 706. The van der Waals surface area contributed by atoms with Gasteiger partial charge in [0, 0.05) is 0 Å². The van der Waals surface area contributed by atoms with E-state index < -0.39 is 0 Å². The highest BCUT2D eigenvalue weighted by Gasteiger charge is 2.13. The van der Waals surface area contributed by atoms with Crippen molar-refractivity contribution < 1.29 is 0 Å². The summed E-state index contributed by atoms with van der Waals surface area (Å²) in [5, 5.41) is 11.1. The first-order valence-corrected chi connectivity index (χ1v) is 6.56. The molecule has 1 atom stereocenters. The highest BCUT2D eigenvalue weighted by molar-refractivity contribution is 5.86. The molecule has 3 aromatic rings. The molecule has 1 unspecified atom stereocenters. The van der Waals surface area contributed by atoms with Crippen molar-refractivity contribution in [2.75, 3.05) is 11.1 Å². The van der Waals surface area contributed by atoms with Crippen LogP contribution in [0.5, 0.6) is 0 Å². The summed E-state index contributed by atoms with van der Waals surface area (Å²) in [5.41, 5.74) is 7.58. The Morgan fingerprint density at radius 1 is 1.25 bits per heavy atom. The van der Waals surface area contributed by atoms with E-state index in [1.165, 1.54) is 5.56 Å². The van der Waals surface area contributed by atoms with Crippen LogP contribution in [0.3, 0.4) is 0 Å². The van der Waals surface area contributed by atoms with E-state index in [4.69, 9.17) is 5.73 Å². The van der Waals surface area contributed by atoms with Gasteiger partial charge in [-0.25, -0.2) is 0 Å². The SMILES string of the molecule is CCC(Nc1nc(N)nc2[nH]ncc12)c1ccccc1. The van der Waals surface area contributed by atoms with Gasteiger partial charge >= 0.3 is 0 Å². The lowest BCUT2D eigenvalue weighted by molar-refractivity contribution is 0.746. The van der Waals surface area contributed by atoms with Crippen LogP contribution in [-0.2, 0) is 0 Å². The van der Waals surface area contributed by atoms with Crippen molar-refractivity contribution in [3.8, 4) is 0 Å². The first kappa shape index (κ1) is 12.4. The maximum Gasteiger partial charge on any atom is 0.224 e. The minimum atomic E-state index is 0.170. The lowest BCUT2D eigenvalue weighted by atomic mass is 10.0. The molecule has 0 radical (unpaired) electrons. The summed E-state index contributed by atoms with van der Waals surface area (Å²) in [4.78, 5) is 8.39. The van der Waals surface area contributed by atoms with Gasteiger partial charge in [0.1, 0.15) is 5.82 Å². The first-order valence-electron chi connectivity index (χ1n) is 6.56. The monoisotopic (exact) mass is 268 g/mol. The minimum absolute atomic E-state index is 0.170. The van der Waals surface area contributed by atoms with Gasteiger partial charge in [0.15, 0.2) is 5.65 Å². The predicted molar refractivity (Wildman–Crippen MR) is 79.2 cm³/mol. The molecule has 0 spiro atoms. The van der Waals surface area contributed by atoms with E-state index in [1.54, 1.807) is 6.20 Å². The number of nitrogens with one attached hydrogen (secondary N) is 2. The average molecular weight is 268 g/mol. The molecule has 0 saturated carbocycles. The second-order valence-corrected chi connectivity index (χ2v) is 4.58. The van der Waals surface area contributed by atoms with Crippen LogP contribution in [0.25, 0.3) is 11.0 Å². The molecular weight excluding hydrogens is 252 g/mol. The van der Waals surface area contributed by atoms with E-state index >= 15 is 0 Å². The molecular formula is C14H16N6. The van der Waals surface area contributed by atoms with E-state index in [0.717, 1.165) is 11.8 Å². The van der Waals surface area contributed by atoms with Crippen molar-refractivity contribution in [3.63, 3.8) is 0 Å². The molecule has 6 nitrogen and oxygen atoms in total. The third kappa shape index (κ3) is 2.27. The van der Waals surface area contributed by atoms with Crippen molar-refractivity contribution in [1.29, 1.82) is 0 Å². The number of hydrogen-bond donors (Lipinski definition) is 3. The van der Waals surface area contributed by atoms with Gasteiger partial charge in [-0.3, -0.25) is 5.10 Å². The zero-order valence-electron chi connectivity index (χ0n) is 11.2. The summed E-state index contributed by atoms with van der Waals surface area (Å²) in [6, 6.07) is 10.4. The smallest absolute Gasteiger partial charge is 0.224 e. The fourth-order valence-electron chi connectivity index (χ4n) is 2.23. The molecule has 6 heteroatoms. The van der Waals surface area contributed by atoms with E-state index in [0.29, 0.717) is 11.5 Å². The van der Waals surface area contributed by atoms with Gasteiger partial charge in [0.25, 0.3) is 0 Å².